The number of halogens is 1. The van der Waals surface area contributed by atoms with E-state index in [-0.39, 0.29) is 10.9 Å². The predicted molar refractivity (Wildman–Crippen MR) is 42.2 cm³/mol. The van der Waals surface area contributed by atoms with Gasteiger partial charge in [-0.05, 0) is 11.7 Å². The summed E-state index contributed by atoms with van der Waals surface area (Å²) in [6.07, 6.45) is 2.15. The van der Waals surface area contributed by atoms with Gasteiger partial charge in [-0.2, -0.15) is 10.9 Å². The zero-order valence-electron chi connectivity index (χ0n) is 4.63. The Morgan fingerprint density at radius 3 is 2.88 bits per heavy atom. The molecular formula is C5H8ClNS. The highest BCUT2D eigenvalue weighted by Gasteiger charge is 1.99. The quantitative estimate of drug-likeness (QED) is 0.431. The Morgan fingerprint density at radius 1 is 1.88 bits per heavy atom. The molecule has 0 aliphatic carbocycles. The number of alkyl halides is 1. The standard InChI is InChI=1S/C5H8ClNS/c1-8-3-5(2-6)7-4-8/h3-4,8H,2H2,1H3. The van der Waals surface area contributed by atoms with Crippen LogP contribution in [0.1, 0.15) is 0 Å². The van der Waals surface area contributed by atoms with Crippen molar-refractivity contribution < 1.29 is 0 Å². The first-order valence-corrected chi connectivity index (χ1v) is 4.82. The van der Waals surface area contributed by atoms with Crippen LogP contribution in [0, 0.1) is 0 Å². The van der Waals surface area contributed by atoms with Gasteiger partial charge in [-0.15, -0.1) is 11.6 Å². The van der Waals surface area contributed by atoms with Crippen LogP contribution in [-0.2, 0) is 0 Å². The monoisotopic (exact) mass is 149 g/mol. The molecule has 3 heteroatoms. The number of thiol groups is 1. The number of nitrogens with zero attached hydrogens (tertiary/aromatic N) is 1. The largest absolute Gasteiger partial charge is 0.254 e. The molecule has 1 unspecified atom stereocenters. The maximum atomic E-state index is 5.50. The van der Waals surface area contributed by atoms with Crippen LogP contribution in [0.5, 0.6) is 0 Å². The molecule has 1 rings (SSSR count). The van der Waals surface area contributed by atoms with Crippen molar-refractivity contribution in [3.8, 4) is 0 Å². The normalized spacial score (nSPS) is 30.8. The van der Waals surface area contributed by atoms with Crippen molar-refractivity contribution in [3.63, 3.8) is 0 Å². The molecule has 0 radical (unpaired) electrons. The van der Waals surface area contributed by atoms with Crippen molar-refractivity contribution in [2.24, 2.45) is 4.99 Å². The lowest BCUT2D eigenvalue weighted by molar-refractivity contribution is 1.36. The smallest absolute Gasteiger partial charge is 0.0652 e. The minimum atomic E-state index is -0.0483. The first kappa shape index (κ1) is 6.17. The van der Waals surface area contributed by atoms with E-state index >= 15 is 0 Å². The summed E-state index contributed by atoms with van der Waals surface area (Å²) in [5.74, 6) is 0.559. The number of aliphatic imine (C=N–C) groups is 1. The fraction of sp³-hybridized carbons (Fsp3) is 0.400. The van der Waals surface area contributed by atoms with Crippen LogP contribution in [0.2, 0.25) is 0 Å². The predicted octanol–water partition coefficient (Wildman–Crippen LogP) is 1.74. The van der Waals surface area contributed by atoms with Gasteiger partial charge in [0.25, 0.3) is 0 Å². The van der Waals surface area contributed by atoms with Crippen LogP contribution in [0.4, 0.5) is 0 Å². The van der Waals surface area contributed by atoms with Crippen LogP contribution in [-0.4, -0.2) is 17.7 Å². The minimum absolute atomic E-state index is 0.0483. The Hall–Kier alpha value is 0.0500. The molecule has 0 amide bonds. The van der Waals surface area contributed by atoms with Crippen LogP contribution >= 0.6 is 22.5 Å². The molecule has 0 saturated carbocycles. The van der Waals surface area contributed by atoms with Gasteiger partial charge in [0, 0.05) is 5.55 Å². The van der Waals surface area contributed by atoms with Crippen molar-refractivity contribution in [1.82, 2.24) is 0 Å². The second-order valence-electron chi connectivity index (χ2n) is 1.66. The second kappa shape index (κ2) is 2.55. The zero-order chi connectivity index (χ0) is 5.98. The summed E-state index contributed by atoms with van der Waals surface area (Å²) in [7, 11) is -0.0483. The molecule has 46 valence electrons. The molecule has 0 aromatic rings. The zero-order valence-corrected chi connectivity index (χ0v) is 6.28. The first-order valence-electron chi connectivity index (χ1n) is 2.35. The number of rotatable bonds is 1. The molecular weight excluding hydrogens is 142 g/mol. The van der Waals surface area contributed by atoms with E-state index in [1.165, 1.54) is 0 Å². The molecule has 0 spiro atoms. The van der Waals surface area contributed by atoms with E-state index in [2.05, 4.69) is 16.7 Å². The molecule has 0 N–H and O–H groups in total. The maximum Gasteiger partial charge on any atom is 0.0652 e. The van der Waals surface area contributed by atoms with E-state index in [1.807, 2.05) is 5.55 Å². The van der Waals surface area contributed by atoms with Gasteiger partial charge in [-0.1, -0.05) is 0 Å². The van der Waals surface area contributed by atoms with Gasteiger partial charge in [0.15, 0.2) is 0 Å². The third-order valence-electron chi connectivity index (χ3n) is 0.895. The Bertz CT molecular complexity index is 141. The number of hydrogen-bond donors (Lipinski definition) is 1. The third-order valence-corrected chi connectivity index (χ3v) is 2.35. The van der Waals surface area contributed by atoms with Gasteiger partial charge in [0.1, 0.15) is 0 Å². The van der Waals surface area contributed by atoms with Crippen molar-refractivity contribution in [1.29, 1.82) is 0 Å². The highest BCUT2D eigenvalue weighted by atomic mass is 35.5. The lowest BCUT2D eigenvalue weighted by Crippen LogP contribution is -1.70. The average molecular weight is 150 g/mol. The summed E-state index contributed by atoms with van der Waals surface area (Å²) in [6, 6.07) is 0. The van der Waals surface area contributed by atoms with Gasteiger partial charge >= 0.3 is 0 Å². The highest BCUT2D eigenvalue weighted by Crippen LogP contribution is 2.26. The Morgan fingerprint density at radius 2 is 2.62 bits per heavy atom. The molecule has 0 aromatic carbocycles. The van der Waals surface area contributed by atoms with E-state index in [0.29, 0.717) is 5.88 Å². The minimum Gasteiger partial charge on any atom is -0.254 e. The molecule has 1 atom stereocenters. The maximum absolute atomic E-state index is 5.50. The van der Waals surface area contributed by atoms with Gasteiger partial charge < -0.3 is 0 Å². The molecule has 0 saturated heterocycles. The molecule has 1 aliphatic heterocycles. The van der Waals surface area contributed by atoms with Crippen molar-refractivity contribution in [3.05, 3.63) is 11.1 Å². The summed E-state index contributed by atoms with van der Waals surface area (Å²) in [5.41, 5.74) is 2.99. The van der Waals surface area contributed by atoms with Gasteiger partial charge in [0.2, 0.25) is 0 Å². The summed E-state index contributed by atoms with van der Waals surface area (Å²) in [6.45, 7) is 0. The third kappa shape index (κ3) is 1.26. The van der Waals surface area contributed by atoms with Crippen molar-refractivity contribution in [2.75, 3.05) is 12.1 Å². The fourth-order valence-corrected chi connectivity index (χ4v) is 1.81. The Kier molecular flexibility index (Phi) is 1.97. The summed E-state index contributed by atoms with van der Waals surface area (Å²) >= 11 is 5.50. The van der Waals surface area contributed by atoms with Crippen LogP contribution < -0.4 is 0 Å². The van der Waals surface area contributed by atoms with E-state index in [4.69, 9.17) is 11.6 Å². The lowest BCUT2D eigenvalue weighted by Gasteiger charge is -1.91. The van der Waals surface area contributed by atoms with Crippen molar-refractivity contribution in [2.45, 2.75) is 0 Å². The molecule has 0 aromatic heterocycles. The summed E-state index contributed by atoms with van der Waals surface area (Å²) in [5, 5.41) is 2.13. The number of hydrogen-bond acceptors (Lipinski definition) is 1. The second-order valence-corrected chi connectivity index (χ2v) is 3.75. The van der Waals surface area contributed by atoms with E-state index in [1.54, 1.807) is 0 Å². The average Bonchev–Trinajstić information content (AvgIpc) is 2.14. The van der Waals surface area contributed by atoms with Gasteiger partial charge in [-0.25, -0.2) is 0 Å². The van der Waals surface area contributed by atoms with Crippen LogP contribution in [0.15, 0.2) is 16.1 Å². The van der Waals surface area contributed by atoms with E-state index in [0.717, 1.165) is 5.70 Å². The van der Waals surface area contributed by atoms with E-state index < -0.39 is 0 Å². The summed E-state index contributed by atoms with van der Waals surface area (Å²) < 4.78 is 0. The Balaban J connectivity index is 2.58. The highest BCUT2D eigenvalue weighted by molar-refractivity contribution is 8.30. The van der Waals surface area contributed by atoms with Gasteiger partial charge in [-0.3, -0.25) is 4.99 Å². The van der Waals surface area contributed by atoms with E-state index in [9.17, 15) is 0 Å². The number of allylic oxidation sites excluding steroid dienone is 1. The first-order chi connectivity index (χ1) is 3.83. The Labute approximate surface area is 56.8 Å². The lowest BCUT2D eigenvalue weighted by atomic mass is 10.6. The van der Waals surface area contributed by atoms with Crippen LogP contribution in [0.25, 0.3) is 0 Å². The SMILES string of the molecule is C[SH]1C=NC(CCl)=C1. The van der Waals surface area contributed by atoms with Crippen LogP contribution in [0.3, 0.4) is 0 Å². The molecule has 1 heterocycles. The molecule has 1 aliphatic rings. The topological polar surface area (TPSA) is 12.4 Å². The molecule has 0 bridgehead atoms. The molecule has 1 nitrogen and oxygen atoms in total. The fourth-order valence-electron chi connectivity index (χ4n) is 0.536. The van der Waals surface area contributed by atoms with Crippen molar-refractivity contribution >= 4 is 28.0 Å². The van der Waals surface area contributed by atoms with Gasteiger partial charge in [0.05, 0.1) is 11.6 Å². The summed E-state index contributed by atoms with van der Waals surface area (Å²) in [4.78, 5) is 4.07. The molecule has 0 fully saturated rings. The molecule has 8 heavy (non-hydrogen) atoms.